The topological polar surface area (TPSA) is 69.4 Å². The van der Waals surface area contributed by atoms with Crippen LogP contribution in [0.3, 0.4) is 0 Å². The van der Waals surface area contributed by atoms with Crippen LogP contribution in [0.25, 0.3) is 0 Å². The maximum Gasteiger partial charge on any atom is 0.296 e. The van der Waals surface area contributed by atoms with Crippen LogP contribution in [0.5, 0.6) is 5.75 Å². The van der Waals surface area contributed by atoms with Crippen LogP contribution in [0.4, 0.5) is 0 Å². The Morgan fingerprint density at radius 1 is 1.30 bits per heavy atom. The molecule has 2 aromatic rings. The van der Waals surface area contributed by atoms with E-state index in [0.717, 1.165) is 11.3 Å². The standard InChI is InChI=1S/C13H14N4O2S/c1-9-12(18)17(13(20-3)16-15-9)14-8-10-4-6-11(19-2)7-5-10/h4-8H,1-3H3/b14-8-. The molecule has 6 nitrogen and oxygen atoms in total. The highest BCUT2D eigenvalue weighted by Crippen LogP contribution is 2.11. The van der Waals surface area contributed by atoms with Gasteiger partial charge in [-0.2, -0.15) is 9.78 Å². The monoisotopic (exact) mass is 290 g/mol. The van der Waals surface area contributed by atoms with Crippen LogP contribution in [-0.2, 0) is 0 Å². The van der Waals surface area contributed by atoms with Gasteiger partial charge in [0.2, 0.25) is 5.16 Å². The van der Waals surface area contributed by atoms with Gasteiger partial charge in [-0.25, -0.2) is 0 Å². The second-order valence-corrected chi connectivity index (χ2v) is 4.68. The van der Waals surface area contributed by atoms with Crippen molar-refractivity contribution in [2.75, 3.05) is 13.4 Å². The summed E-state index contributed by atoms with van der Waals surface area (Å²) in [7, 11) is 1.61. The van der Waals surface area contributed by atoms with Crippen molar-refractivity contribution in [1.29, 1.82) is 0 Å². The molecule has 0 bridgehead atoms. The first-order chi connectivity index (χ1) is 9.65. The minimum Gasteiger partial charge on any atom is -0.497 e. The maximum absolute atomic E-state index is 12.0. The Bertz CT molecular complexity index is 680. The molecular weight excluding hydrogens is 276 g/mol. The lowest BCUT2D eigenvalue weighted by atomic mass is 10.2. The van der Waals surface area contributed by atoms with Gasteiger partial charge in [0, 0.05) is 0 Å². The third-order valence-electron chi connectivity index (χ3n) is 2.59. The lowest BCUT2D eigenvalue weighted by molar-refractivity contribution is 0.415. The molecule has 0 aliphatic heterocycles. The molecule has 0 amide bonds. The summed E-state index contributed by atoms with van der Waals surface area (Å²) in [5.41, 5.74) is 0.906. The van der Waals surface area contributed by atoms with Crippen molar-refractivity contribution in [2.45, 2.75) is 12.1 Å². The number of benzene rings is 1. The highest BCUT2D eigenvalue weighted by molar-refractivity contribution is 7.98. The van der Waals surface area contributed by atoms with Crippen LogP contribution in [0.15, 0.2) is 39.3 Å². The molecule has 1 heterocycles. The van der Waals surface area contributed by atoms with Gasteiger partial charge in [-0.05, 0) is 43.0 Å². The molecule has 0 spiro atoms. The molecule has 7 heteroatoms. The number of hydrogen-bond acceptors (Lipinski definition) is 6. The zero-order valence-corrected chi connectivity index (χ0v) is 12.2. The fourth-order valence-corrected chi connectivity index (χ4v) is 1.91. The number of thioether (sulfide) groups is 1. The van der Waals surface area contributed by atoms with Gasteiger partial charge in [-0.3, -0.25) is 4.79 Å². The summed E-state index contributed by atoms with van der Waals surface area (Å²) in [5.74, 6) is 0.769. The minimum absolute atomic E-state index is 0.269. The molecule has 20 heavy (non-hydrogen) atoms. The Hall–Kier alpha value is -2.15. The van der Waals surface area contributed by atoms with Gasteiger partial charge >= 0.3 is 0 Å². The van der Waals surface area contributed by atoms with Gasteiger partial charge in [0.05, 0.1) is 13.3 Å². The first kappa shape index (κ1) is 14.3. The van der Waals surface area contributed by atoms with Crippen molar-refractivity contribution < 1.29 is 4.74 Å². The van der Waals surface area contributed by atoms with E-state index in [9.17, 15) is 4.79 Å². The van der Waals surface area contributed by atoms with E-state index < -0.39 is 0 Å². The summed E-state index contributed by atoms with van der Waals surface area (Å²) in [6, 6.07) is 7.37. The van der Waals surface area contributed by atoms with E-state index in [1.165, 1.54) is 16.4 Å². The molecule has 104 valence electrons. The molecule has 1 aromatic carbocycles. The third-order valence-corrected chi connectivity index (χ3v) is 3.21. The van der Waals surface area contributed by atoms with Crippen LogP contribution in [0, 0.1) is 6.92 Å². The number of nitrogens with zero attached hydrogens (tertiary/aromatic N) is 4. The summed E-state index contributed by atoms with van der Waals surface area (Å²) >= 11 is 1.32. The number of aromatic nitrogens is 3. The molecule has 0 aliphatic rings. The molecule has 0 saturated carbocycles. The average Bonchev–Trinajstić information content (AvgIpc) is 2.49. The van der Waals surface area contributed by atoms with Crippen molar-refractivity contribution in [1.82, 2.24) is 14.9 Å². The van der Waals surface area contributed by atoms with Crippen molar-refractivity contribution in [2.24, 2.45) is 5.10 Å². The fraction of sp³-hybridized carbons (Fsp3) is 0.231. The third kappa shape index (κ3) is 3.05. The molecular formula is C13H14N4O2S. The summed E-state index contributed by atoms with van der Waals surface area (Å²) in [6.07, 6.45) is 3.42. The summed E-state index contributed by atoms with van der Waals surface area (Å²) < 4.78 is 6.33. The van der Waals surface area contributed by atoms with Crippen LogP contribution < -0.4 is 10.3 Å². The number of ether oxygens (including phenoxy) is 1. The lowest BCUT2D eigenvalue weighted by Crippen LogP contribution is -2.23. The lowest BCUT2D eigenvalue weighted by Gasteiger charge is -2.03. The van der Waals surface area contributed by atoms with E-state index in [-0.39, 0.29) is 5.56 Å². The number of rotatable bonds is 4. The largest absolute Gasteiger partial charge is 0.497 e. The Morgan fingerprint density at radius 2 is 2.00 bits per heavy atom. The molecule has 0 N–H and O–H groups in total. The van der Waals surface area contributed by atoms with Gasteiger partial charge in [0.1, 0.15) is 11.4 Å². The van der Waals surface area contributed by atoms with Crippen molar-refractivity contribution in [3.8, 4) is 5.75 Å². The van der Waals surface area contributed by atoms with E-state index >= 15 is 0 Å². The normalized spacial score (nSPS) is 10.9. The first-order valence-electron chi connectivity index (χ1n) is 5.84. The Labute approximate surface area is 120 Å². The predicted octanol–water partition coefficient (Wildman–Crippen LogP) is 1.56. The SMILES string of the molecule is COc1ccc(/C=N\n2c(SC)nnc(C)c2=O)cc1. The van der Waals surface area contributed by atoms with Crippen LogP contribution >= 0.6 is 11.8 Å². The van der Waals surface area contributed by atoms with Gasteiger partial charge in [0.15, 0.2) is 0 Å². The molecule has 0 fully saturated rings. The Morgan fingerprint density at radius 3 is 2.60 bits per heavy atom. The Balaban J connectivity index is 2.35. The zero-order valence-electron chi connectivity index (χ0n) is 11.4. The van der Waals surface area contributed by atoms with Gasteiger partial charge in [-0.15, -0.1) is 10.2 Å². The highest BCUT2D eigenvalue weighted by atomic mass is 32.2. The highest BCUT2D eigenvalue weighted by Gasteiger charge is 2.06. The van der Waals surface area contributed by atoms with E-state index in [4.69, 9.17) is 4.74 Å². The Kier molecular flexibility index (Phi) is 4.52. The smallest absolute Gasteiger partial charge is 0.296 e. The van der Waals surface area contributed by atoms with Gasteiger partial charge in [0.25, 0.3) is 5.56 Å². The predicted molar refractivity (Wildman–Crippen MR) is 78.8 cm³/mol. The number of hydrogen-bond donors (Lipinski definition) is 0. The second kappa shape index (κ2) is 6.33. The minimum atomic E-state index is -0.269. The van der Waals surface area contributed by atoms with E-state index in [1.54, 1.807) is 20.2 Å². The molecule has 1 aromatic heterocycles. The second-order valence-electron chi connectivity index (χ2n) is 3.91. The molecule has 0 saturated heterocycles. The number of methoxy groups -OCH3 is 1. The van der Waals surface area contributed by atoms with Crippen LogP contribution in [0.1, 0.15) is 11.3 Å². The zero-order chi connectivity index (χ0) is 14.5. The van der Waals surface area contributed by atoms with Crippen LogP contribution in [0.2, 0.25) is 0 Å². The molecule has 0 aliphatic carbocycles. The average molecular weight is 290 g/mol. The van der Waals surface area contributed by atoms with E-state index in [0.29, 0.717) is 10.9 Å². The summed E-state index contributed by atoms with van der Waals surface area (Å²) in [4.78, 5) is 12.0. The summed E-state index contributed by atoms with van der Waals surface area (Å²) in [5, 5.41) is 12.4. The molecule has 2 rings (SSSR count). The summed E-state index contributed by atoms with van der Waals surface area (Å²) in [6.45, 7) is 1.61. The molecule has 0 unspecified atom stereocenters. The quantitative estimate of drug-likeness (QED) is 0.631. The van der Waals surface area contributed by atoms with Gasteiger partial charge in [-0.1, -0.05) is 11.8 Å². The maximum atomic E-state index is 12.0. The fourth-order valence-electron chi connectivity index (χ4n) is 1.49. The van der Waals surface area contributed by atoms with Crippen molar-refractivity contribution in [3.05, 3.63) is 45.9 Å². The van der Waals surface area contributed by atoms with Crippen molar-refractivity contribution >= 4 is 18.0 Å². The van der Waals surface area contributed by atoms with Crippen LogP contribution in [-0.4, -0.2) is 34.5 Å². The van der Waals surface area contributed by atoms with E-state index in [1.807, 2.05) is 30.5 Å². The molecule has 0 atom stereocenters. The number of aryl methyl sites for hydroxylation is 1. The first-order valence-corrected chi connectivity index (χ1v) is 7.07. The van der Waals surface area contributed by atoms with E-state index in [2.05, 4.69) is 15.3 Å². The molecule has 0 radical (unpaired) electrons. The van der Waals surface area contributed by atoms with Gasteiger partial charge < -0.3 is 4.74 Å². The van der Waals surface area contributed by atoms with Crippen molar-refractivity contribution in [3.63, 3.8) is 0 Å².